The number of thioether (sulfide) groups is 1. The normalized spacial score (nSPS) is 10.6. The van der Waals surface area contributed by atoms with Crippen molar-refractivity contribution in [1.29, 1.82) is 5.26 Å². The van der Waals surface area contributed by atoms with Crippen molar-refractivity contribution in [2.24, 2.45) is 0 Å². The van der Waals surface area contributed by atoms with Gasteiger partial charge in [0, 0.05) is 17.9 Å². The van der Waals surface area contributed by atoms with Crippen molar-refractivity contribution >= 4 is 23.1 Å². The minimum absolute atomic E-state index is 0.617. The van der Waals surface area contributed by atoms with Crippen molar-refractivity contribution in [3.63, 3.8) is 0 Å². The molecule has 0 N–H and O–H groups in total. The molecule has 3 rings (SSSR count). The molecule has 0 amide bonds. The number of unbranched alkanes of at least 4 members (excludes halogenated alkanes) is 2. The minimum atomic E-state index is 0.617. The molecule has 116 valence electrons. The molecule has 0 spiro atoms. The summed E-state index contributed by atoms with van der Waals surface area (Å²) in [5.41, 5.74) is 1.07. The number of thiophene rings is 1. The maximum absolute atomic E-state index is 8.60. The van der Waals surface area contributed by atoms with Gasteiger partial charge >= 0.3 is 0 Å². The molecule has 1 aromatic carbocycles. The number of nitriles is 1. The number of hydrogen-bond donors (Lipinski definition) is 0. The van der Waals surface area contributed by atoms with Gasteiger partial charge < -0.3 is 0 Å². The SMILES string of the molecule is N#CCCCCSc1nnc(-c2cccs2)n1-c1ccccc1. The molecule has 0 unspecified atom stereocenters. The molecular weight excluding hydrogens is 324 g/mol. The summed E-state index contributed by atoms with van der Waals surface area (Å²) >= 11 is 3.36. The van der Waals surface area contributed by atoms with Gasteiger partial charge in [0.25, 0.3) is 0 Å². The van der Waals surface area contributed by atoms with Crippen molar-refractivity contribution in [3.05, 3.63) is 47.8 Å². The topological polar surface area (TPSA) is 54.5 Å². The zero-order valence-corrected chi connectivity index (χ0v) is 14.2. The molecular formula is C17H16N4S2. The van der Waals surface area contributed by atoms with Gasteiger partial charge in [-0.05, 0) is 36.4 Å². The van der Waals surface area contributed by atoms with E-state index >= 15 is 0 Å². The molecule has 0 aliphatic rings. The summed E-state index contributed by atoms with van der Waals surface area (Å²) in [4.78, 5) is 1.11. The average Bonchev–Trinajstić information content (AvgIpc) is 3.25. The summed E-state index contributed by atoms with van der Waals surface area (Å²) < 4.78 is 2.11. The van der Waals surface area contributed by atoms with E-state index in [1.165, 1.54) is 0 Å². The lowest BCUT2D eigenvalue weighted by atomic mass is 10.3. The molecule has 0 fully saturated rings. The molecule has 3 aromatic rings. The highest BCUT2D eigenvalue weighted by Gasteiger charge is 2.16. The molecule has 23 heavy (non-hydrogen) atoms. The lowest BCUT2D eigenvalue weighted by Crippen LogP contribution is -1.99. The summed E-state index contributed by atoms with van der Waals surface area (Å²) in [6.45, 7) is 0. The van der Waals surface area contributed by atoms with E-state index in [1.54, 1.807) is 23.1 Å². The van der Waals surface area contributed by atoms with Crippen LogP contribution in [0.4, 0.5) is 0 Å². The average molecular weight is 340 g/mol. The number of para-hydroxylation sites is 1. The number of hydrogen-bond acceptors (Lipinski definition) is 5. The van der Waals surface area contributed by atoms with Gasteiger partial charge in [0.15, 0.2) is 11.0 Å². The minimum Gasteiger partial charge on any atom is -0.269 e. The van der Waals surface area contributed by atoms with E-state index in [4.69, 9.17) is 5.26 Å². The van der Waals surface area contributed by atoms with Crippen LogP contribution < -0.4 is 0 Å². The van der Waals surface area contributed by atoms with E-state index in [0.29, 0.717) is 6.42 Å². The van der Waals surface area contributed by atoms with Crippen molar-refractivity contribution in [3.8, 4) is 22.5 Å². The van der Waals surface area contributed by atoms with Crippen LogP contribution in [-0.2, 0) is 0 Å². The van der Waals surface area contributed by atoms with E-state index in [2.05, 4.69) is 39.0 Å². The molecule has 0 saturated carbocycles. The maximum atomic E-state index is 8.60. The number of benzene rings is 1. The zero-order valence-electron chi connectivity index (χ0n) is 12.6. The molecule has 0 bridgehead atoms. The van der Waals surface area contributed by atoms with Gasteiger partial charge in [0.05, 0.1) is 10.9 Å². The number of rotatable bonds is 7. The van der Waals surface area contributed by atoms with Gasteiger partial charge in [0.1, 0.15) is 0 Å². The zero-order chi connectivity index (χ0) is 15.9. The third-order valence-electron chi connectivity index (χ3n) is 3.30. The van der Waals surface area contributed by atoms with Crippen LogP contribution in [0.5, 0.6) is 0 Å². The number of nitrogens with zero attached hydrogens (tertiary/aromatic N) is 4. The molecule has 6 heteroatoms. The monoisotopic (exact) mass is 340 g/mol. The van der Waals surface area contributed by atoms with Gasteiger partial charge in [-0.25, -0.2) is 0 Å². The summed E-state index contributed by atoms with van der Waals surface area (Å²) in [7, 11) is 0. The predicted octanol–water partition coefficient (Wildman–Crippen LogP) is 4.78. The quantitative estimate of drug-likeness (QED) is 0.459. The van der Waals surface area contributed by atoms with E-state index in [0.717, 1.165) is 40.1 Å². The molecule has 2 heterocycles. The number of aromatic nitrogens is 3. The van der Waals surface area contributed by atoms with Crippen LogP contribution >= 0.6 is 23.1 Å². The van der Waals surface area contributed by atoms with E-state index in [1.807, 2.05) is 29.6 Å². The summed E-state index contributed by atoms with van der Waals surface area (Å²) in [5, 5.41) is 20.3. The van der Waals surface area contributed by atoms with E-state index in [-0.39, 0.29) is 0 Å². The van der Waals surface area contributed by atoms with Crippen LogP contribution in [0.1, 0.15) is 19.3 Å². The summed E-state index contributed by atoms with van der Waals surface area (Å²) in [5.74, 6) is 1.82. The van der Waals surface area contributed by atoms with Gasteiger partial charge in [0.2, 0.25) is 0 Å². The Kier molecular flexibility index (Phi) is 5.46. The third kappa shape index (κ3) is 3.81. The molecule has 0 atom stereocenters. The molecule has 0 aliphatic heterocycles. The Bertz CT molecular complexity index is 773. The first-order chi connectivity index (χ1) is 11.4. The van der Waals surface area contributed by atoms with Crippen LogP contribution in [0.3, 0.4) is 0 Å². The van der Waals surface area contributed by atoms with Crippen molar-refractivity contribution in [2.45, 2.75) is 24.4 Å². The highest BCUT2D eigenvalue weighted by molar-refractivity contribution is 7.99. The van der Waals surface area contributed by atoms with E-state index < -0.39 is 0 Å². The van der Waals surface area contributed by atoms with Crippen LogP contribution in [0.25, 0.3) is 16.4 Å². The van der Waals surface area contributed by atoms with Crippen LogP contribution in [0.2, 0.25) is 0 Å². The Balaban J connectivity index is 1.86. The fourth-order valence-corrected chi connectivity index (χ4v) is 3.86. The first-order valence-corrected chi connectivity index (χ1v) is 9.31. The van der Waals surface area contributed by atoms with Crippen LogP contribution in [-0.4, -0.2) is 20.5 Å². The van der Waals surface area contributed by atoms with Gasteiger partial charge in [-0.2, -0.15) is 5.26 Å². The fraction of sp³-hybridized carbons (Fsp3) is 0.235. The predicted molar refractivity (Wildman–Crippen MR) is 94.9 cm³/mol. The largest absolute Gasteiger partial charge is 0.269 e. The van der Waals surface area contributed by atoms with E-state index in [9.17, 15) is 0 Å². The Labute approximate surface area is 143 Å². The van der Waals surface area contributed by atoms with Crippen LogP contribution in [0.15, 0.2) is 53.0 Å². The molecule has 4 nitrogen and oxygen atoms in total. The maximum Gasteiger partial charge on any atom is 0.196 e. The standard InChI is InChI=1S/C17H16N4S2/c18-11-5-2-6-12-23-17-20-19-16(15-10-7-13-22-15)21(17)14-8-3-1-4-9-14/h1,3-4,7-10,13H,2,5-6,12H2. The lowest BCUT2D eigenvalue weighted by molar-refractivity contribution is 0.823. The van der Waals surface area contributed by atoms with Gasteiger partial charge in [-0.1, -0.05) is 36.0 Å². The van der Waals surface area contributed by atoms with Crippen molar-refractivity contribution in [2.75, 3.05) is 5.75 Å². The molecule has 2 aromatic heterocycles. The smallest absolute Gasteiger partial charge is 0.196 e. The summed E-state index contributed by atoms with van der Waals surface area (Å²) in [6.07, 6.45) is 2.56. The Morgan fingerprint density at radius 1 is 1.09 bits per heavy atom. The highest BCUT2D eigenvalue weighted by atomic mass is 32.2. The molecule has 0 saturated heterocycles. The first-order valence-electron chi connectivity index (χ1n) is 7.44. The molecule has 0 aliphatic carbocycles. The summed E-state index contributed by atoms with van der Waals surface area (Å²) in [6, 6.07) is 16.5. The first kappa shape index (κ1) is 15.8. The third-order valence-corrected chi connectivity index (χ3v) is 5.18. The van der Waals surface area contributed by atoms with Gasteiger partial charge in [-0.15, -0.1) is 21.5 Å². The molecule has 0 radical (unpaired) electrons. The second-order valence-electron chi connectivity index (χ2n) is 4.92. The fourth-order valence-electron chi connectivity index (χ4n) is 2.21. The second kappa shape index (κ2) is 7.95. The second-order valence-corrected chi connectivity index (χ2v) is 6.93. The Morgan fingerprint density at radius 2 is 1.96 bits per heavy atom. The van der Waals surface area contributed by atoms with Crippen LogP contribution in [0, 0.1) is 11.3 Å². The Hall–Kier alpha value is -2.10. The van der Waals surface area contributed by atoms with Gasteiger partial charge in [-0.3, -0.25) is 4.57 Å². The lowest BCUT2D eigenvalue weighted by Gasteiger charge is -2.09. The van der Waals surface area contributed by atoms with Crippen molar-refractivity contribution in [1.82, 2.24) is 14.8 Å². The van der Waals surface area contributed by atoms with Crippen molar-refractivity contribution < 1.29 is 0 Å². The highest BCUT2D eigenvalue weighted by Crippen LogP contribution is 2.30. The Morgan fingerprint density at radius 3 is 2.70 bits per heavy atom.